The number of fused-ring (bicyclic) bond motifs is 1. The first-order valence-electron chi connectivity index (χ1n) is 8.89. The van der Waals surface area contributed by atoms with Gasteiger partial charge < -0.3 is 4.98 Å². The SMILES string of the molecule is Brc1ccc2[nH]cc(C=Nn3c(-c4ccccn4)nnc3-c3ccccn3)c2c1. The minimum Gasteiger partial charge on any atom is -0.361 e. The van der Waals surface area contributed by atoms with E-state index in [0.29, 0.717) is 23.0 Å². The van der Waals surface area contributed by atoms with Gasteiger partial charge in [0.25, 0.3) is 0 Å². The van der Waals surface area contributed by atoms with Crippen molar-refractivity contribution in [2.75, 3.05) is 0 Å². The van der Waals surface area contributed by atoms with E-state index >= 15 is 0 Å². The summed E-state index contributed by atoms with van der Waals surface area (Å²) in [5, 5.41) is 14.4. The molecule has 4 aromatic heterocycles. The summed E-state index contributed by atoms with van der Waals surface area (Å²) in [7, 11) is 0. The predicted molar refractivity (Wildman–Crippen MR) is 115 cm³/mol. The van der Waals surface area contributed by atoms with E-state index < -0.39 is 0 Å². The maximum Gasteiger partial charge on any atom is 0.203 e. The molecule has 1 N–H and O–H groups in total. The Labute approximate surface area is 174 Å². The van der Waals surface area contributed by atoms with E-state index in [9.17, 15) is 0 Å². The molecular formula is C21H14BrN7. The number of pyridine rings is 2. The maximum atomic E-state index is 4.69. The quantitative estimate of drug-likeness (QED) is 0.413. The van der Waals surface area contributed by atoms with E-state index in [1.165, 1.54) is 0 Å². The van der Waals surface area contributed by atoms with Gasteiger partial charge in [-0.2, -0.15) is 9.78 Å². The van der Waals surface area contributed by atoms with Crippen LogP contribution in [0, 0.1) is 0 Å². The van der Waals surface area contributed by atoms with Crippen LogP contribution in [0.15, 0.2) is 82.8 Å². The second-order valence-electron chi connectivity index (χ2n) is 6.27. The molecule has 0 atom stereocenters. The molecule has 5 aromatic rings. The minimum absolute atomic E-state index is 0.545. The Hall–Kier alpha value is -3.65. The van der Waals surface area contributed by atoms with Gasteiger partial charge in [0.1, 0.15) is 11.4 Å². The lowest BCUT2D eigenvalue weighted by Gasteiger charge is -2.03. The maximum absolute atomic E-state index is 4.69. The average molecular weight is 444 g/mol. The molecule has 0 amide bonds. The van der Waals surface area contributed by atoms with Crippen LogP contribution in [0.3, 0.4) is 0 Å². The van der Waals surface area contributed by atoms with Gasteiger partial charge in [0.15, 0.2) is 0 Å². The van der Waals surface area contributed by atoms with Crippen LogP contribution in [-0.2, 0) is 0 Å². The van der Waals surface area contributed by atoms with Crippen molar-refractivity contribution in [3.8, 4) is 23.0 Å². The van der Waals surface area contributed by atoms with Crippen molar-refractivity contribution in [3.63, 3.8) is 0 Å². The van der Waals surface area contributed by atoms with Crippen molar-refractivity contribution in [2.24, 2.45) is 5.10 Å². The molecule has 0 radical (unpaired) electrons. The Morgan fingerprint density at radius 3 is 2.21 bits per heavy atom. The summed E-state index contributed by atoms with van der Waals surface area (Å²) in [6.07, 6.45) is 7.14. The van der Waals surface area contributed by atoms with Gasteiger partial charge in [0, 0.05) is 39.5 Å². The number of nitrogens with one attached hydrogen (secondary N) is 1. The summed E-state index contributed by atoms with van der Waals surface area (Å²) < 4.78 is 2.67. The molecule has 29 heavy (non-hydrogen) atoms. The van der Waals surface area contributed by atoms with Gasteiger partial charge >= 0.3 is 0 Å². The highest BCUT2D eigenvalue weighted by molar-refractivity contribution is 9.10. The van der Waals surface area contributed by atoms with Crippen LogP contribution in [0.2, 0.25) is 0 Å². The van der Waals surface area contributed by atoms with Crippen molar-refractivity contribution in [3.05, 3.63) is 83.2 Å². The second kappa shape index (κ2) is 7.40. The molecular weight excluding hydrogens is 430 g/mol. The molecule has 140 valence electrons. The molecule has 4 heterocycles. The lowest BCUT2D eigenvalue weighted by molar-refractivity contribution is 0.887. The molecule has 7 nitrogen and oxygen atoms in total. The standard InChI is InChI=1S/C21H14BrN7/c22-15-7-8-17-16(11-15)14(12-25-17)13-26-29-20(18-5-1-3-9-23-18)27-28-21(29)19-6-2-4-10-24-19/h1-13,25H. The number of halogens is 1. The Morgan fingerprint density at radius 1 is 0.897 bits per heavy atom. The average Bonchev–Trinajstić information content (AvgIpc) is 3.37. The highest BCUT2D eigenvalue weighted by atomic mass is 79.9. The van der Waals surface area contributed by atoms with Gasteiger partial charge in [-0.15, -0.1) is 10.2 Å². The van der Waals surface area contributed by atoms with Crippen LogP contribution in [0.4, 0.5) is 0 Å². The van der Waals surface area contributed by atoms with E-state index in [4.69, 9.17) is 5.10 Å². The smallest absolute Gasteiger partial charge is 0.203 e. The summed E-state index contributed by atoms with van der Waals surface area (Å²) in [6, 6.07) is 17.4. The molecule has 8 heteroatoms. The van der Waals surface area contributed by atoms with Crippen molar-refractivity contribution in [2.45, 2.75) is 0 Å². The summed E-state index contributed by atoms with van der Waals surface area (Å²) in [4.78, 5) is 12.0. The van der Waals surface area contributed by atoms with E-state index in [-0.39, 0.29) is 0 Å². The fourth-order valence-electron chi connectivity index (χ4n) is 3.04. The molecule has 0 saturated carbocycles. The van der Waals surface area contributed by atoms with Gasteiger partial charge in [-0.05, 0) is 42.5 Å². The van der Waals surface area contributed by atoms with Crippen molar-refractivity contribution >= 4 is 33.0 Å². The number of aromatic amines is 1. The fourth-order valence-corrected chi connectivity index (χ4v) is 3.40. The first-order valence-corrected chi connectivity index (χ1v) is 9.68. The summed E-state index contributed by atoms with van der Waals surface area (Å²) >= 11 is 3.53. The summed E-state index contributed by atoms with van der Waals surface area (Å²) in [5.74, 6) is 1.09. The van der Waals surface area contributed by atoms with Gasteiger partial charge in [0.05, 0.1) is 6.21 Å². The van der Waals surface area contributed by atoms with Crippen LogP contribution >= 0.6 is 15.9 Å². The van der Waals surface area contributed by atoms with E-state index in [0.717, 1.165) is 20.9 Å². The molecule has 0 unspecified atom stereocenters. The Bertz CT molecular complexity index is 1250. The molecule has 5 rings (SSSR count). The number of H-pyrrole nitrogens is 1. The molecule has 0 bridgehead atoms. The number of nitrogens with zero attached hydrogens (tertiary/aromatic N) is 6. The zero-order valence-corrected chi connectivity index (χ0v) is 16.7. The summed E-state index contributed by atoms with van der Waals surface area (Å²) in [6.45, 7) is 0. The molecule has 0 saturated heterocycles. The monoisotopic (exact) mass is 443 g/mol. The predicted octanol–water partition coefficient (Wildman–Crippen LogP) is 4.53. The lowest BCUT2D eigenvalue weighted by Crippen LogP contribution is -1.99. The van der Waals surface area contributed by atoms with Crippen LogP contribution in [0.1, 0.15) is 5.56 Å². The zero-order chi connectivity index (χ0) is 19.6. The molecule has 0 aliphatic heterocycles. The third kappa shape index (κ3) is 3.34. The third-order valence-electron chi connectivity index (χ3n) is 4.42. The normalized spacial score (nSPS) is 11.5. The number of hydrogen-bond donors (Lipinski definition) is 1. The zero-order valence-electron chi connectivity index (χ0n) is 15.1. The second-order valence-corrected chi connectivity index (χ2v) is 7.18. The number of rotatable bonds is 4. The third-order valence-corrected chi connectivity index (χ3v) is 4.91. The molecule has 0 aliphatic rings. The van der Waals surface area contributed by atoms with E-state index in [2.05, 4.69) is 47.1 Å². The topological polar surface area (TPSA) is 84.6 Å². The largest absolute Gasteiger partial charge is 0.361 e. The molecule has 0 aliphatic carbocycles. The minimum atomic E-state index is 0.545. The number of hydrogen-bond acceptors (Lipinski definition) is 5. The Balaban J connectivity index is 1.65. The first-order chi connectivity index (χ1) is 14.3. The van der Waals surface area contributed by atoms with E-state index in [1.807, 2.05) is 54.7 Å². The van der Waals surface area contributed by atoms with Crippen LogP contribution in [-0.4, -0.2) is 36.0 Å². The van der Waals surface area contributed by atoms with Crippen molar-refractivity contribution < 1.29 is 0 Å². The number of benzene rings is 1. The lowest BCUT2D eigenvalue weighted by atomic mass is 10.2. The molecule has 0 fully saturated rings. The van der Waals surface area contributed by atoms with Gasteiger partial charge in [-0.3, -0.25) is 9.97 Å². The van der Waals surface area contributed by atoms with E-state index in [1.54, 1.807) is 23.3 Å². The number of aromatic nitrogens is 6. The van der Waals surface area contributed by atoms with Crippen LogP contribution in [0.25, 0.3) is 33.9 Å². The fraction of sp³-hybridized carbons (Fsp3) is 0. The van der Waals surface area contributed by atoms with Gasteiger partial charge in [-0.1, -0.05) is 28.1 Å². The highest BCUT2D eigenvalue weighted by Gasteiger charge is 2.16. The molecule has 0 spiro atoms. The van der Waals surface area contributed by atoms with Gasteiger partial charge in [0.2, 0.25) is 11.6 Å². The molecule has 1 aromatic carbocycles. The van der Waals surface area contributed by atoms with Crippen LogP contribution < -0.4 is 0 Å². The first kappa shape index (κ1) is 17.4. The van der Waals surface area contributed by atoms with Crippen molar-refractivity contribution in [1.82, 2.24) is 29.8 Å². The van der Waals surface area contributed by atoms with Crippen LogP contribution in [0.5, 0.6) is 0 Å². The Morgan fingerprint density at radius 2 is 1.59 bits per heavy atom. The Kier molecular flexibility index (Phi) is 4.45. The van der Waals surface area contributed by atoms with Gasteiger partial charge in [-0.25, -0.2) is 0 Å². The highest BCUT2D eigenvalue weighted by Crippen LogP contribution is 2.24. The summed E-state index contributed by atoms with van der Waals surface area (Å²) in [5.41, 5.74) is 3.35. The van der Waals surface area contributed by atoms with Crippen molar-refractivity contribution in [1.29, 1.82) is 0 Å².